The molecule has 1 heterocycles. The maximum absolute atomic E-state index is 12.7. The van der Waals surface area contributed by atoms with Crippen molar-refractivity contribution >= 4 is 31.9 Å². The Hall–Kier alpha value is -0.920. The highest BCUT2D eigenvalue weighted by molar-refractivity contribution is 9.10. The second-order valence-corrected chi connectivity index (χ2v) is 8.80. The number of nitrogens with one attached hydrogen (secondary N) is 1. The van der Waals surface area contributed by atoms with E-state index >= 15 is 0 Å². The molecule has 3 unspecified atom stereocenters. The minimum absolute atomic E-state index is 0.144. The maximum atomic E-state index is 12.7. The molecule has 1 saturated heterocycles. The number of hydrogen-bond donors (Lipinski definition) is 1. The fourth-order valence-corrected chi connectivity index (χ4v) is 4.51. The molecule has 1 aliphatic rings. The van der Waals surface area contributed by atoms with Gasteiger partial charge in [-0.15, -0.1) is 0 Å². The number of carbonyl (C=O) groups is 1. The third kappa shape index (κ3) is 4.33. The van der Waals surface area contributed by atoms with Crippen LogP contribution in [0.4, 0.5) is 0 Å². The predicted molar refractivity (Wildman–Crippen MR) is 93.5 cm³/mol. The summed E-state index contributed by atoms with van der Waals surface area (Å²) in [5, 5.41) is 0. The third-order valence-electron chi connectivity index (χ3n) is 4.27. The summed E-state index contributed by atoms with van der Waals surface area (Å²) in [5.41, 5.74) is 0. The molecule has 2 rings (SSSR count). The molecule has 1 fully saturated rings. The van der Waals surface area contributed by atoms with Crippen LogP contribution < -0.4 is 4.72 Å². The first kappa shape index (κ1) is 18.4. The highest BCUT2D eigenvalue weighted by Gasteiger charge is 2.33. The van der Waals surface area contributed by atoms with Crippen molar-refractivity contribution in [3.05, 3.63) is 28.7 Å². The lowest BCUT2D eigenvalue weighted by molar-refractivity contribution is -0.138. The van der Waals surface area contributed by atoms with E-state index in [0.717, 1.165) is 23.7 Å². The number of carbonyl (C=O) groups excluding carboxylic acids is 1. The molecule has 0 spiro atoms. The summed E-state index contributed by atoms with van der Waals surface area (Å²) in [7, 11) is -3.71. The van der Waals surface area contributed by atoms with Gasteiger partial charge in [-0.1, -0.05) is 15.9 Å². The summed E-state index contributed by atoms with van der Waals surface area (Å²) in [6.07, 6.45) is 3.02. The average Bonchev–Trinajstić information content (AvgIpc) is 2.46. The molecule has 3 atom stereocenters. The van der Waals surface area contributed by atoms with Crippen molar-refractivity contribution in [3.63, 3.8) is 0 Å². The van der Waals surface area contributed by atoms with E-state index in [4.69, 9.17) is 0 Å². The summed E-state index contributed by atoms with van der Waals surface area (Å²) in [6, 6.07) is 5.85. The quantitative estimate of drug-likeness (QED) is 0.841. The van der Waals surface area contributed by atoms with Crippen molar-refractivity contribution in [2.24, 2.45) is 0 Å². The minimum Gasteiger partial charge on any atom is -0.336 e. The number of nitrogens with zero attached hydrogens (tertiary/aromatic N) is 1. The van der Waals surface area contributed by atoms with Crippen molar-refractivity contribution in [1.82, 2.24) is 9.62 Å². The second kappa shape index (κ2) is 7.32. The summed E-state index contributed by atoms with van der Waals surface area (Å²) in [6.45, 7) is 5.64. The Kier molecular flexibility index (Phi) is 5.86. The monoisotopic (exact) mass is 402 g/mol. The molecular formula is C16H23BrN2O3S. The molecule has 1 aromatic carbocycles. The van der Waals surface area contributed by atoms with Crippen LogP contribution in [0.1, 0.15) is 40.0 Å². The van der Waals surface area contributed by atoms with Gasteiger partial charge in [-0.25, -0.2) is 8.42 Å². The molecule has 0 bridgehead atoms. The largest absolute Gasteiger partial charge is 0.336 e. The number of rotatable bonds is 4. The maximum Gasteiger partial charge on any atom is 0.241 e. The van der Waals surface area contributed by atoms with Crippen molar-refractivity contribution in [3.8, 4) is 0 Å². The van der Waals surface area contributed by atoms with Crippen LogP contribution in [0.15, 0.2) is 33.6 Å². The van der Waals surface area contributed by atoms with Gasteiger partial charge in [0.25, 0.3) is 0 Å². The lowest BCUT2D eigenvalue weighted by Gasteiger charge is -2.40. The molecule has 0 aliphatic carbocycles. The Labute approximate surface area is 146 Å². The van der Waals surface area contributed by atoms with E-state index in [2.05, 4.69) is 20.7 Å². The Bertz CT molecular complexity index is 650. The number of hydrogen-bond acceptors (Lipinski definition) is 3. The van der Waals surface area contributed by atoms with Gasteiger partial charge in [-0.2, -0.15) is 4.72 Å². The van der Waals surface area contributed by atoms with E-state index in [1.54, 1.807) is 19.1 Å². The molecule has 1 aromatic rings. The number of amides is 1. The second-order valence-electron chi connectivity index (χ2n) is 6.17. The van der Waals surface area contributed by atoms with Gasteiger partial charge in [0.05, 0.1) is 10.9 Å². The first-order chi connectivity index (χ1) is 10.7. The number of piperidine rings is 1. The average molecular weight is 403 g/mol. The van der Waals surface area contributed by atoms with Crippen molar-refractivity contribution in [2.45, 2.75) is 63.1 Å². The highest BCUT2D eigenvalue weighted by atomic mass is 79.9. The van der Waals surface area contributed by atoms with Gasteiger partial charge in [-0.05, 0) is 64.3 Å². The Morgan fingerprint density at radius 3 is 2.26 bits per heavy atom. The standard InChI is InChI=1S/C16H23BrN2O3S/c1-11-5-4-6-12(2)19(11)16(20)13(3)18-23(21,22)15-9-7-14(17)8-10-15/h7-13,18H,4-6H2,1-3H3. The first-order valence-corrected chi connectivity index (χ1v) is 10.1. The van der Waals surface area contributed by atoms with Gasteiger partial charge >= 0.3 is 0 Å². The van der Waals surface area contributed by atoms with E-state index in [9.17, 15) is 13.2 Å². The van der Waals surface area contributed by atoms with E-state index in [1.165, 1.54) is 12.1 Å². The molecule has 23 heavy (non-hydrogen) atoms. The van der Waals surface area contributed by atoms with Crippen LogP contribution >= 0.6 is 15.9 Å². The van der Waals surface area contributed by atoms with Crippen LogP contribution in [-0.2, 0) is 14.8 Å². The topological polar surface area (TPSA) is 66.5 Å². The van der Waals surface area contributed by atoms with Gasteiger partial charge in [0.15, 0.2) is 0 Å². The number of halogens is 1. The lowest BCUT2D eigenvalue weighted by Crippen LogP contribution is -2.54. The van der Waals surface area contributed by atoms with Crippen LogP contribution in [-0.4, -0.2) is 37.4 Å². The Balaban J connectivity index is 2.12. The van der Waals surface area contributed by atoms with Crippen LogP contribution in [0.3, 0.4) is 0 Å². The van der Waals surface area contributed by atoms with Gasteiger partial charge < -0.3 is 4.90 Å². The molecule has 1 N–H and O–H groups in total. The Morgan fingerprint density at radius 1 is 1.22 bits per heavy atom. The number of benzene rings is 1. The van der Waals surface area contributed by atoms with E-state index in [-0.39, 0.29) is 22.9 Å². The van der Waals surface area contributed by atoms with E-state index in [1.807, 2.05) is 18.7 Å². The van der Waals surface area contributed by atoms with Crippen LogP contribution in [0.2, 0.25) is 0 Å². The molecule has 128 valence electrons. The SMILES string of the molecule is CC(NS(=O)(=O)c1ccc(Br)cc1)C(=O)N1C(C)CCCC1C. The number of sulfonamides is 1. The zero-order chi connectivity index (χ0) is 17.2. The summed E-state index contributed by atoms with van der Waals surface area (Å²) in [4.78, 5) is 14.6. The fraction of sp³-hybridized carbons (Fsp3) is 0.562. The summed E-state index contributed by atoms with van der Waals surface area (Å²) in [5.74, 6) is -0.162. The summed E-state index contributed by atoms with van der Waals surface area (Å²) < 4.78 is 28.1. The molecule has 0 aromatic heterocycles. The first-order valence-electron chi connectivity index (χ1n) is 7.82. The summed E-state index contributed by atoms with van der Waals surface area (Å²) >= 11 is 3.28. The molecule has 7 heteroatoms. The molecule has 0 radical (unpaired) electrons. The zero-order valence-corrected chi connectivity index (χ0v) is 16.0. The smallest absolute Gasteiger partial charge is 0.241 e. The van der Waals surface area contributed by atoms with Crippen LogP contribution in [0.5, 0.6) is 0 Å². The lowest BCUT2D eigenvalue weighted by atomic mass is 9.97. The van der Waals surface area contributed by atoms with Gasteiger partial charge in [0.1, 0.15) is 0 Å². The van der Waals surface area contributed by atoms with E-state index in [0.29, 0.717) is 0 Å². The molecule has 1 amide bonds. The normalized spacial score (nSPS) is 23.6. The highest BCUT2D eigenvalue weighted by Crippen LogP contribution is 2.23. The fourth-order valence-electron chi connectivity index (χ4n) is 3.04. The van der Waals surface area contributed by atoms with Crippen molar-refractivity contribution in [1.29, 1.82) is 0 Å². The zero-order valence-electron chi connectivity index (χ0n) is 13.6. The van der Waals surface area contributed by atoms with E-state index < -0.39 is 16.1 Å². The molecule has 0 saturated carbocycles. The van der Waals surface area contributed by atoms with Crippen LogP contribution in [0.25, 0.3) is 0 Å². The van der Waals surface area contributed by atoms with Gasteiger partial charge in [-0.3, -0.25) is 4.79 Å². The molecule has 5 nitrogen and oxygen atoms in total. The predicted octanol–water partition coefficient (Wildman–Crippen LogP) is 2.91. The molecule has 1 aliphatic heterocycles. The number of likely N-dealkylation sites (tertiary alicyclic amines) is 1. The van der Waals surface area contributed by atoms with Crippen molar-refractivity contribution in [2.75, 3.05) is 0 Å². The van der Waals surface area contributed by atoms with Crippen LogP contribution in [0, 0.1) is 0 Å². The van der Waals surface area contributed by atoms with Gasteiger partial charge in [0.2, 0.25) is 15.9 Å². The Morgan fingerprint density at radius 2 is 1.74 bits per heavy atom. The molecular weight excluding hydrogens is 380 g/mol. The minimum atomic E-state index is -3.71. The van der Waals surface area contributed by atoms with Gasteiger partial charge in [0, 0.05) is 16.6 Å². The van der Waals surface area contributed by atoms with Crippen molar-refractivity contribution < 1.29 is 13.2 Å². The third-order valence-corrected chi connectivity index (χ3v) is 6.36.